The lowest BCUT2D eigenvalue weighted by Gasteiger charge is -2.25. The van der Waals surface area contributed by atoms with Crippen molar-refractivity contribution in [2.75, 3.05) is 13.2 Å². The van der Waals surface area contributed by atoms with Gasteiger partial charge in [0.2, 0.25) is 5.76 Å². The summed E-state index contributed by atoms with van der Waals surface area (Å²) in [7, 11) is 0. The number of nitrogens with zero attached hydrogens (tertiary/aromatic N) is 1. The highest BCUT2D eigenvalue weighted by Crippen LogP contribution is 2.41. The fraction of sp³-hybridized carbons (Fsp3) is 0.185. The summed E-state index contributed by atoms with van der Waals surface area (Å²) in [5, 5.41) is 10.9. The van der Waals surface area contributed by atoms with Gasteiger partial charge in [-0.15, -0.1) is 0 Å². The molecule has 2 heterocycles. The molecule has 1 aromatic heterocycles. The Hall–Kier alpha value is -3.77. The van der Waals surface area contributed by atoms with Crippen LogP contribution in [0.1, 0.15) is 40.2 Å². The van der Waals surface area contributed by atoms with Crippen molar-refractivity contribution in [1.29, 1.82) is 0 Å². The van der Waals surface area contributed by atoms with Crippen LogP contribution >= 0.6 is 11.6 Å². The second-order valence-electron chi connectivity index (χ2n) is 8.11. The van der Waals surface area contributed by atoms with Crippen LogP contribution in [-0.2, 0) is 6.42 Å². The molecule has 172 valence electrons. The molecule has 5 rings (SSSR count). The summed E-state index contributed by atoms with van der Waals surface area (Å²) >= 11 is 6.14. The summed E-state index contributed by atoms with van der Waals surface area (Å²) in [6.07, 6.45) is 0.604. The molecule has 1 aliphatic rings. The minimum Gasteiger partial charge on any atom is -0.504 e. The third kappa shape index (κ3) is 3.80. The van der Waals surface area contributed by atoms with Crippen LogP contribution < -0.4 is 10.2 Å². The first kappa shape index (κ1) is 22.0. The molecule has 7 heteroatoms. The number of hydrogen-bond acceptors (Lipinski definition) is 5. The van der Waals surface area contributed by atoms with Crippen LogP contribution in [0.15, 0.2) is 75.9 Å². The largest absolute Gasteiger partial charge is 0.504 e. The first-order valence-electron chi connectivity index (χ1n) is 11.0. The molecular formula is C27H22ClNO5. The van der Waals surface area contributed by atoms with Crippen LogP contribution in [0.2, 0.25) is 5.02 Å². The van der Waals surface area contributed by atoms with Crippen molar-refractivity contribution in [1.82, 2.24) is 4.90 Å². The van der Waals surface area contributed by atoms with Crippen molar-refractivity contribution in [2.45, 2.75) is 19.4 Å². The van der Waals surface area contributed by atoms with Crippen molar-refractivity contribution in [3.05, 3.63) is 104 Å². The minimum atomic E-state index is -0.689. The zero-order chi connectivity index (χ0) is 23.8. The Morgan fingerprint density at radius 3 is 2.62 bits per heavy atom. The van der Waals surface area contributed by atoms with Crippen molar-refractivity contribution in [3.63, 3.8) is 0 Å². The van der Waals surface area contributed by atoms with Gasteiger partial charge in [-0.1, -0.05) is 48.0 Å². The lowest BCUT2D eigenvalue weighted by atomic mass is 9.97. The quantitative estimate of drug-likeness (QED) is 0.407. The fourth-order valence-electron chi connectivity index (χ4n) is 4.44. The van der Waals surface area contributed by atoms with Gasteiger partial charge in [-0.3, -0.25) is 9.59 Å². The Balaban J connectivity index is 1.67. The molecular weight excluding hydrogens is 454 g/mol. The van der Waals surface area contributed by atoms with Crippen molar-refractivity contribution in [3.8, 4) is 11.5 Å². The highest BCUT2D eigenvalue weighted by molar-refractivity contribution is 6.31. The number of rotatable bonds is 6. The van der Waals surface area contributed by atoms with E-state index in [1.807, 2.05) is 37.3 Å². The molecule has 1 atom stereocenters. The third-order valence-electron chi connectivity index (χ3n) is 6.01. The highest BCUT2D eigenvalue weighted by Gasteiger charge is 2.42. The Bertz CT molecular complexity index is 1450. The molecule has 34 heavy (non-hydrogen) atoms. The standard InChI is InChI=1S/C27H22ClNO5/c1-2-33-22-14-17(8-10-20(22)30)24-23-25(31)19-15-18(28)9-11-21(19)34-26(23)27(32)29(24)13-12-16-6-4-3-5-7-16/h3-11,14-15,24,30H,2,12-13H2,1H3/t24-/m0/s1. The topological polar surface area (TPSA) is 80.0 Å². The Kier molecular flexibility index (Phi) is 5.75. The van der Waals surface area contributed by atoms with Gasteiger partial charge in [-0.05, 0) is 54.8 Å². The molecule has 0 fully saturated rings. The van der Waals surface area contributed by atoms with E-state index >= 15 is 0 Å². The zero-order valence-corrected chi connectivity index (χ0v) is 19.2. The normalized spacial score (nSPS) is 15.1. The number of aromatic hydroxyl groups is 1. The monoisotopic (exact) mass is 475 g/mol. The fourth-order valence-corrected chi connectivity index (χ4v) is 4.61. The number of ether oxygens (including phenoxy) is 1. The van der Waals surface area contributed by atoms with Crippen molar-refractivity contribution in [2.24, 2.45) is 0 Å². The number of phenols is 1. The minimum absolute atomic E-state index is 0.0108. The zero-order valence-electron chi connectivity index (χ0n) is 18.5. The predicted molar refractivity (Wildman–Crippen MR) is 130 cm³/mol. The van der Waals surface area contributed by atoms with Crippen molar-refractivity contribution >= 4 is 28.5 Å². The summed E-state index contributed by atoms with van der Waals surface area (Å²) in [6, 6.07) is 18.8. The molecule has 1 aliphatic heterocycles. The molecule has 6 nitrogen and oxygen atoms in total. The molecule has 0 saturated heterocycles. The van der Waals surface area contributed by atoms with Gasteiger partial charge in [-0.25, -0.2) is 0 Å². The van der Waals surface area contributed by atoms with Crippen LogP contribution in [0.4, 0.5) is 0 Å². The second-order valence-corrected chi connectivity index (χ2v) is 8.55. The average Bonchev–Trinajstić information content (AvgIpc) is 3.12. The molecule has 0 saturated carbocycles. The molecule has 3 aromatic carbocycles. The lowest BCUT2D eigenvalue weighted by molar-refractivity contribution is 0.0730. The van der Waals surface area contributed by atoms with Crippen LogP contribution in [0.25, 0.3) is 11.0 Å². The number of phenolic OH excluding ortho intramolecular Hbond substituents is 1. The van der Waals surface area contributed by atoms with Gasteiger partial charge >= 0.3 is 0 Å². The third-order valence-corrected chi connectivity index (χ3v) is 6.25. The Labute approximate surface area is 201 Å². The van der Waals surface area contributed by atoms with Crippen LogP contribution in [0.5, 0.6) is 11.5 Å². The van der Waals surface area contributed by atoms with E-state index in [9.17, 15) is 14.7 Å². The Morgan fingerprint density at radius 1 is 1.06 bits per heavy atom. The molecule has 1 amide bonds. The maximum atomic E-state index is 13.6. The molecule has 0 aliphatic carbocycles. The van der Waals surface area contributed by atoms with Gasteiger partial charge in [0, 0.05) is 11.6 Å². The molecule has 4 aromatic rings. The van der Waals surface area contributed by atoms with E-state index in [2.05, 4.69) is 0 Å². The van der Waals surface area contributed by atoms with Crippen LogP contribution in [-0.4, -0.2) is 29.1 Å². The molecule has 0 unspecified atom stereocenters. The van der Waals surface area contributed by atoms with Gasteiger partial charge in [0.05, 0.1) is 23.6 Å². The second kappa shape index (κ2) is 8.88. The molecule has 0 spiro atoms. The van der Waals surface area contributed by atoms with E-state index in [0.717, 1.165) is 5.56 Å². The molecule has 1 N–H and O–H groups in total. The maximum Gasteiger partial charge on any atom is 0.290 e. The maximum absolute atomic E-state index is 13.6. The Morgan fingerprint density at radius 2 is 1.85 bits per heavy atom. The number of carbonyl (C=O) groups excluding carboxylic acids is 1. The number of carbonyl (C=O) groups is 1. The number of benzene rings is 3. The number of fused-ring (bicyclic) bond motifs is 2. The summed E-state index contributed by atoms with van der Waals surface area (Å²) < 4.78 is 11.5. The van der Waals surface area contributed by atoms with Crippen LogP contribution in [0.3, 0.4) is 0 Å². The number of halogens is 1. The molecule has 0 bridgehead atoms. The molecule has 0 radical (unpaired) electrons. The van der Waals surface area contributed by atoms with Crippen molar-refractivity contribution < 1.29 is 19.1 Å². The number of hydrogen-bond donors (Lipinski definition) is 1. The smallest absolute Gasteiger partial charge is 0.290 e. The van der Waals surface area contributed by atoms with E-state index in [1.54, 1.807) is 35.2 Å². The first-order chi connectivity index (χ1) is 16.5. The van der Waals surface area contributed by atoms with E-state index in [4.69, 9.17) is 20.8 Å². The van der Waals surface area contributed by atoms with E-state index in [0.29, 0.717) is 41.1 Å². The highest BCUT2D eigenvalue weighted by atomic mass is 35.5. The van der Waals surface area contributed by atoms with Gasteiger partial charge in [0.1, 0.15) is 5.58 Å². The van der Waals surface area contributed by atoms with E-state index in [-0.39, 0.29) is 34.2 Å². The van der Waals surface area contributed by atoms with E-state index < -0.39 is 6.04 Å². The summed E-state index contributed by atoms with van der Waals surface area (Å²) in [5.74, 6) is -0.0414. The van der Waals surface area contributed by atoms with Gasteiger partial charge in [-0.2, -0.15) is 0 Å². The van der Waals surface area contributed by atoms with Crippen LogP contribution in [0, 0.1) is 0 Å². The van der Waals surface area contributed by atoms with Gasteiger partial charge in [0.25, 0.3) is 5.91 Å². The average molecular weight is 476 g/mol. The van der Waals surface area contributed by atoms with Gasteiger partial charge < -0.3 is 19.2 Å². The number of amides is 1. The first-order valence-corrected chi connectivity index (χ1v) is 11.4. The summed E-state index contributed by atoms with van der Waals surface area (Å²) in [5.41, 5.74) is 1.99. The lowest BCUT2D eigenvalue weighted by Crippen LogP contribution is -2.31. The summed E-state index contributed by atoms with van der Waals surface area (Å²) in [6.45, 7) is 2.55. The van der Waals surface area contributed by atoms with E-state index in [1.165, 1.54) is 6.07 Å². The summed E-state index contributed by atoms with van der Waals surface area (Å²) in [4.78, 5) is 28.8. The SMILES string of the molecule is CCOc1cc([C@H]2c3c(oc4ccc(Cl)cc4c3=O)C(=O)N2CCc2ccccc2)ccc1O. The predicted octanol–water partition coefficient (Wildman–Crippen LogP) is 5.34. The van der Waals surface area contributed by atoms with Gasteiger partial charge in [0.15, 0.2) is 16.9 Å².